The van der Waals surface area contributed by atoms with E-state index in [1.54, 1.807) is 12.5 Å². The van der Waals surface area contributed by atoms with Crippen LogP contribution in [0.15, 0.2) is 43.0 Å². The molecule has 2 aromatic rings. The third kappa shape index (κ3) is 2.81. The molecule has 2 heterocycles. The molecule has 6 nitrogen and oxygen atoms in total. The van der Waals surface area contributed by atoms with Gasteiger partial charge in [0.1, 0.15) is 0 Å². The van der Waals surface area contributed by atoms with Crippen LogP contribution in [0.25, 0.3) is 5.69 Å². The van der Waals surface area contributed by atoms with E-state index in [-0.39, 0.29) is 17.9 Å². The molecular formula is C15H18N4O2. The third-order valence-corrected chi connectivity index (χ3v) is 3.73. The number of amides is 1. The zero-order valence-electron chi connectivity index (χ0n) is 11.8. The molecule has 3 rings (SSSR count). The lowest BCUT2D eigenvalue weighted by Crippen LogP contribution is -2.39. The molecule has 1 fully saturated rings. The highest BCUT2D eigenvalue weighted by molar-refractivity contribution is 5.95. The number of nitrogens with one attached hydrogen (secondary N) is 2. The molecule has 0 radical (unpaired) electrons. The summed E-state index contributed by atoms with van der Waals surface area (Å²) in [6, 6.07) is 7.72. The van der Waals surface area contributed by atoms with E-state index in [1.807, 2.05) is 42.1 Å². The van der Waals surface area contributed by atoms with Crippen LogP contribution in [0, 0.1) is 5.92 Å². The van der Waals surface area contributed by atoms with Crippen molar-refractivity contribution in [2.75, 3.05) is 25.6 Å². The Morgan fingerprint density at radius 1 is 1.38 bits per heavy atom. The number of rotatable bonds is 4. The Morgan fingerprint density at radius 2 is 2.24 bits per heavy atom. The first-order chi connectivity index (χ1) is 10.3. The number of hydrogen-bond acceptors (Lipinski definition) is 4. The molecule has 1 saturated heterocycles. The van der Waals surface area contributed by atoms with E-state index in [4.69, 9.17) is 4.74 Å². The molecule has 0 bridgehead atoms. The number of carbonyl (C=O) groups is 1. The second-order valence-electron chi connectivity index (χ2n) is 5.02. The number of nitrogens with zero attached hydrogens (tertiary/aromatic N) is 2. The van der Waals surface area contributed by atoms with E-state index in [0.717, 1.165) is 11.4 Å². The monoisotopic (exact) mass is 286 g/mol. The number of aromatic nitrogens is 2. The zero-order chi connectivity index (χ0) is 14.7. The maximum atomic E-state index is 12.4. The van der Waals surface area contributed by atoms with Gasteiger partial charge < -0.3 is 19.9 Å². The summed E-state index contributed by atoms with van der Waals surface area (Å²) in [5.41, 5.74) is 1.66. The zero-order valence-corrected chi connectivity index (χ0v) is 11.8. The molecule has 2 unspecified atom stereocenters. The minimum atomic E-state index is -0.175. The second-order valence-corrected chi connectivity index (χ2v) is 5.02. The molecule has 21 heavy (non-hydrogen) atoms. The van der Waals surface area contributed by atoms with Gasteiger partial charge in [0.05, 0.1) is 36.8 Å². The van der Waals surface area contributed by atoms with Crippen molar-refractivity contribution in [2.45, 2.75) is 6.04 Å². The van der Waals surface area contributed by atoms with E-state index >= 15 is 0 Å². The van der Waals surface area contributed by atoms with Gasteiger partial charge in [-0.15, -0.1) is 0 Å². The summed E-state index contributed by atoms with van der Waals surface area (Å²) in [7, 11) is 1.85. The van der Waals surface area contributed by atoms with Crippen molar-refractivity contribution in [3.63, 3.8) is 0 Å². The van der Waals surface area contributed by atoms with E-state index in [2.05, 4.69) is 15.6 Å². The highest BCUT2D eigenvalue weighted by Gasteiger charge is 2.33. The van der Waals surface area contributed by atoms with Gasteiger partial charge >= 0.3 is 0 Å². The number of para-hydroxylation sites is 2. The fourth-order valence-electron chi connectivity index (χ4n) is 2.53. The van der Waals surface area contributed by atoms with E-state index < -0.39 is 0 Å². The van der Waals surface area contributed by atoms with Gasteiger partial charge in [-0.1, -0.05) is 12.1 Å². The van der Waals surface area contributed by atoms with Crippen molar-refractivity contribution in [1.29, 1.82) is 0 Å². The van der Waals surface area contributed by atoms with Crippen molar-refractivity contribution in [3.05, 3.63) is 43.0 Å². The molecular weight excluding hydrogens is 268 g/mol. The number of anilines is 1. The van der Waals surface area contributed by atoms with Crippen LogP contribution < -0.4 is 10.6 Å². The molecule has 110 valence electrons. The van der Waals surface area contributed by atoms with Gasteiger partial charge in [-0.25, -0.2) is 4.98 Å². The summed E-state index contributed by atoms with van der Waals surface area (Å²) in [6.07, 6.45) is 5.26. The summed E-state index contributed by atoms with van der Waals surface area (Å²) < 4.78 is 7.25. The second kappa shape index (κ2) is 6.07. The van der Waals surface area contributed by atoms with Gasteiger partial charge in [0, 0.05) is 18.4 Å². The SMILES string of the molecule is CNC1COCC1C(=O)Nc1ccccc1-n1ccnc1. The molecule has 0 aliphatic carbocycles. The van der Waals surface area contributed by atoms with E-state index in [0.29, 0.717) is 13.2 Å². The first-order valence-electron chi connectivity index (χ1n) is 6.93. The summed E-state index contributed by atoms with van der Waals surface area (Å²) in [6.45, 7) is 1.02. The number of carbonyl (C=O) groups excluding carboxylic acids is 1. The molecule has 6 heteroatoms. The summed E-state index contributed by atoms with van der Waals surface area (Å²) in [5.74, 6) is -0.203. The van der Waals surface area contributed by atoms with Crippen LogP contribution in [-0.4, -0.2) is 41.8 Å². The molecule has 1 aliphatic heterocycles. The van der Waals surface area contributed by atoms with Crippen LogP contribution in [-0.2, 0) is 9.53 Å². The highest BCUT2D eigenvalue weighted by Crippen LogP contribution is 2.22. The lowest BCUT2D eigenvalue weighted by molar-refractivity contribution is -0.120. The molecule has 0 spiro atoms. The van der Waals surface area contributed by atoms with Crippen LogP contribution >= 0.6 is 0 Å². The Labute approximate surface area is 123 Å². The minimum Gasteiger partial charge on any atom is -0.379 e. The third-order valence-electron chi connectivity index (χ3n) is 3.73. The Hall–Kier alpha value is -2.18. The topological polar surface area (TPSA) is 68.2 Å². The standard InChI is InChI=1S/C15H18N4O2/c1-16-13-9-21-8-11(13)15(20)18-12-4-2-3-5-14(12)19-7-6-17-10-19/h2-7,10-11,13,16H,8-9H2,1H3,(H,18,20). The maximum Gasteiger partial charge on any atom is 0.231 e. The Balaban J connectivity index is 1.81. The predicted octanol–water partition coefficient (Wildman–Crippen LogP) is 1.05. The first kappa shape index (κ1) is 13.8. The predicted molar refractivity (Wildman–Crippen MR) is 79.4 cm³/mol. The normalized spacial score (nSPS) is 21.4. The van der Waals surface area contributed by atoms with Crippen LogP contribution in [0.1, 0.15) is 0 Å². The smallest absolute Gasteiger partial charge is 0.231 e. The Morgan fingerprint density at radius 3 is 3.00 bits per heavy atom. The Kier molecular flexibility index (Phi) is 3.98. The van der Waals surface area contributed by atoms with E-state index in [1.165, 1.54) is 0 Å². The van der Waals surface area contributed by atoms with Gasteiger partial charge in [-0.2, -0.15) is 0 Å². The number of ether oxygens (including phenoxy) is 1. The molecule has 1 aliphatic rings. The van der Waals surface area contributed by atoms with Gasteiger partial charge in [0.2, 0.25) is 5.91 Å². The number of imidazole rings is 1. The number of likely N-dealkylation sites (N-methyl/N-ethyl adjacent to an activating group) is 1. The fraction of sp³-hybridized carbons (Fsp3) is 0.333. The van der Waals surface area contributed by atoms with Crippen LogP contribution in [0.3, 0.4) is 0 Å². The van der Waals surface area contributed by atoms with Gasteiger partial charge in [-0.05, 0) is 19.2 Å². The summed E-state index contributed by atoms with van der Waals surface area (Å²) >= 11 is 0. The average molecular weight is 286 g/mol. The van der Waals surface area contributed by atoms with Crippen LogP contribution in [0.4, 0.5) is 5.69 Å². The number of benzene rings is 1. The van der Waals surface area contributed by atoms with Crippen molar-refractivity contribution in [2.24, 2.45) is 5.92 Å². The van der Waals surface area contributed by atoms with Gasteiger partial charge in [-0.3, -0.25) is 4.79 Å². The van der Waals surface area contributed by atoms with Gasteiger partial charge in [0.15, 0.2) is 0 Å². The Bertz CT molecular complexity index is 612. The van der Waals surface area contributed by atoms with Crippen molar-refractivity contribution in [3.8, 4) is 5.69 Å². The number of hydrogen-bond donors (Lipinski definition) is 2. The van der Waals surface area contributed by atoms with Crippen LogP contribution in [0.2, 0.25) is 0 Å². The van der Waals surface area contributed by atoms with E-state index in [9.17, 15) is 4.79 Å². The summed E-state index contributed by atoms with van der Waals surface area (Å²) in [4.78, 5) is 16.5. The minimum absolute atomic E-state index is 0.0283. The van der Waals surface area contributed by atoms with Crippen LogP contribution in [0.5, 0.6) is 0 Å². The van der Waals surface area contributed by atoms with Crippen molar-refractivity contribution in [1.82, 2.24) is 14.9 Å². The lowest BCUT2D eigenvalue weighted by atomic mass is 10.0. The quantitative estimate of drug-likeness (QED) is 0.881. The molecule has 2 atom stereocenters. The maximum absolute atomic E-state index is 12.4. The van der Waals surface area contributed by atoms with Crippen molar-refractivity contribution >= 4 is 11.6 Å². The molecule has 0 saturated carbocycles. The molecule has 2 N–H and O–H groups in total. The highest BCUT2D eigenvalue weighted by atomic mass is 16.5. The van der Waals surface area contributed by atoms with Crippen molar-refractivity contribution < 1.29 is 9.53 Å². The molecule has 1 aromatic heterocycles. The largest absolute Gasteiger partial charge is 0.379 e. The molecule has 1 amide bonds. The first-order valence-corrected chi connectivity index (χ1v) is 6.93. The average Bonchev–Trinajstić information content (AvgIpc) is 3.19. The van der Waals surface area contributed by atoms with Gasteiger partial charge in [0.25, 0.3) is 0 Å². The summed E-state index contributed by atoms with van der Waals surface area (Å²) in [5, 5.41) is 6.12. The fourth-order valence-corrected chi connectivity index (χ4v) is 2.53. The lowest BCUT2D eigenvalue weighted by Gasteiger charge is -2.18. The molecule has 1 aromatic carbocycles.